The maximum atomic E-state index is 4.19. The summed E-state index contributed by atoms with van der Waals surface area (Å²) in [4.78, 5) is 9.19. The molecule has 0 amide bonds. The van der Waals surface area contributed by atoms with Crippen LogP contribution in [0.4, 0.5) is 0 Å². The quantitative estimate of drug-likeness (QED) is 0.888. The van der Waals surface area contributed by atoms with Crippen LogP contribution in [-0.2, 0) is 0 Å². The van der Waals surface area contributed by atoms with Crippen molar-refractivity contribution in [3.05, 3.63) is 30.1 Å². The van der Waals surface area contributed by atoms with Gasteiger partial charge in [-0.1, -0.05) is 6.07 Å². The van der Waals surface area contributed by atoms with E-state index in [9.17, 15) is 0 Å². The number of nitrogens with zero attached hydrogens (tertiary/aromatic N) is 3. The first kappa shape index (κ1) is 15.4. The van der Waals surface area contributed by atoms with Crippen LogP contribution in [0.25, 0.3) is 0 Å². The predicted molar refractivity (Wildman–Crippen MR) is 83.8 cm³/mol. The summed E-state index contributed by atoms with van der Waals surface area (Å²) in [6.45, 7) is 12.5. The minimum Gasteiger partial charge on any atom is -0.308 e. The lowest BCUT2D eigenvalue weighted by Gasteiger charge is -2.43. The van der Waals surface area contributed by atoms with Crippen LogP contribution in [0.15, 0.2) is 24.5 Å². The highest BCUT2D eigenvalue weighted by molar-refractivity contribution is 5.12. The first-order valence-corrected chi connectivity index (χ1v) is 7.56. The second-order valence-electron chi connectivity index (χ2n) is 6.49. The van der Waals surface area contributed by atoms with Crippen molar-refractivity contribution in [2.45, 2.75) is 32.4 Å². The maximum Gasteiger partial charge on any atom is 0.0315 e. The van der Waals surface area contributed by atoms with E-state index in [1.54, 1.807) is 0 Å². The van der Waals surface area contributed by atoms with Crippen LogP contribution < -0.4 is 5.32 Å². The van der Waals surface area contributed by atoms with E-state index in [2.05, 4.69) is 54.0 Å². The summed E-state index contributed by atoms with van der Waals surface area (Å²) in [7, 11) is 2.20. The molecule has 20 heavy (non-hydrogen) atoms. The Morgan fingerprint density at radius 2 is 2.00 bits per heavy atom. The third-order valence-corrected chi connectivity index (χ3v) is 4.38. The van der Waals surface area contributed by atoms with E-state index >= 15 is 0 Å². The van der Waals surface area contributed by atoms with Gasteiger partial charge in [0.25, 0.3) is 0 Å². The van der Waals surface area contributed by atoms with Crippen LogP contribution in [0.1, 0.15) is 32.4 Å². The molecule has 112 valence electrons. The lowest BCUT2D eigenvalue weighted by Crippen LogP contribution is -2.57. The molecule has 0 bridgehead atoms. The number of hydrogen-bond donors (Lipinski definition) is 1. The van der Waals surface area contributed by atoms with Gasteiger partial charge in [0.05, 0.1) is 0 Å². The van der Waals surface area contributed by atoms with E-state index in [0.717, 1.165) is 19.6 Å². The zero-order chi connectivity index (χ0) is 14.6. The smallest absolute Gasteiger partial charge is 0.0315 e. The van der Waals surface area contributed by atoms with Crippen molar-refractivity contribution in [2.75, 3.05) is 39.8 Å². The fourth-order valence-electron chi connectivity index (χ4n) is 2.68. The molecule has 1 N–H and O–H groups in total. The Morgan fingerprint density at radius 1 is 1.30 bits per heavy atom. The molecule has 0 radical (unpaired) electrons. The topological polar surface area (TPSA) is 31.4 Å². The van der Waals surface area contributed by atoms with Gasteiger partial charge < -0.3 is 10.2 Å². The van der Waals surface area contributed by atoms with Crippen LogP contribution >= 0.6 is 0 Å². The summed E-state index contributed by atoms with van der Waals surface area (Å²) in [5, 5.41) is 3.65. The number of piperazine rings is 1. The summed E-state index contributed by atoms with van der Waals surface area (Å²) in [6.07, 6.45) is 3.77. The van der Waals surface area contributed by atoms with Crippen LogP contribution in [0.2, 0.25) is 0 Å². The molecule has 0 saturated carbocycles. The Hall–Kier alpha value is -0.970. The third kappa shape index (κ3) is 4.01. The number of rotatable bonds is 5. The number of aromatic nitrogens is 1. The molecule has 4 nitrogen and oxygen atoms in total. The molecule has 2 heterocycles. The highest BCUT2D eigenvalue weighted by Gasteiger charge is 2.29. The standard InChI is InChI=1S/C16H28N4/c1-14(15-6-5-7-17-12-15)18-13-16(2,3)20-10-8-19(4)9-11-20/h5-7,12,14,18H,8-11,13H2,1-4H3. The fraction of sp³-hybridized carbons (Fsp3) is 0.688. The molecular formula is C16H28N4. The molecule has 1 saturated heterocycles. The van der Waals surface area contributed by atoms with Gasteiger partial charge >= 0.3 is 0 Å². The minimum absolute atomic E-state index is 0.192. The largest absolute Gasteiger partial charge is 0.308 e. The van der Waals surface area contributed by atoms with Gasteiger partial charge in [-0.3, -0.25) is 9.88 Å². The van der Waals surface area contributed by atoms with Crippen molar-refractivity contribution < 1.29 is 0 Å². The van der Waals surface area contributed by atoms with E-state index in [1.165, 1.54) is 18.7 Å². The molecule has 0 spiro atoms. The molecule has 0 aliphatic carbocycles. The number of nitrogens with one attached hydrogen (secondary N) is 1. The minimum atomic E-state index is 0.192. The van der Waals surface area contributed by atoms with Gasteiger partial charge in [-0.15, -0.1) is 0 Å². The average molecular weight is 276 g/mol. The maximum absolute atomic E-state index is 4.19. The predicted octanol–water partition coefficient (Wildman–Crippen LogP) is 1.76. The number of pyridine rings is 1. The number of likely N-dealkylation sites (N-methyl/N-ethyl adjacent to an activating group) is 1. The van der Waals surface area contributed by atoms with Gasteiger partial charge in [0.2, 0.25) is 0 Å². The zero-order valence-electron chi connectivity index (χ0n) is 13.3. The summed E-state index contributed by atoms with van der Waals surface area (Å²) in [5.74, 6) is 0. The summed E-state index contributed by atoms with van der Waals surface area (Å²) < 4.78 is 0. The van der Waals surface area contributed by atoms with E-state index in [-0.39, 0.29) is 5.54 Å². The van der Waals surface area contributed by atoms with Crippen LogP contribution in [-0.4, -0.2) is 60.1 Å². The molecule has 1 aromatic rings. The molecule has 1 aromatic heterocycles. The Morgan fingerprint density at radius 3 is 2.60 bits per heavy atom. The third-order valence-electron chi connectivity index (χ3n) is 4.38. The van der Waals surface area contributed by atoms with E-state index in [1.807, 2.05) is 18.5 Å². The van der Waals surface area contributed by atoms with Gasteiger partial charge in [0.1, 0.15) is 0 Å². The van der Waals surface area contributed by atoms with Gasteiger partial charge in [-0.2, -0.15) is 0 Å². The fourth-order valence-corrected chi connectivity index (χ4v) is 2.68. The SMILES string of the molecule is CC(NCC(C)(C)N1CCN(C)CC1)c1cccnc1. The van der Waals surface area contributed by atoms with Crippen LogP contribution in [0.5, 0.6) is 0 Å². The lowest BCUT2D eigenvalue weighted by molar-refractivity contribution is 0.0605. The normalized spacial score (nSPS) is 20.0. The first-order valence-electron chi connectivity index (χ1n) is 7.56. The first-order chi connectivity index (χ1) is 9.49. The molecule has 2 rings (SSSR count). The second-order valence-corrected chi connectivity index (χ2v) is 6.49. The highest BCUT2D eigenvalue weighted by Crippen LogP contribution is 2.18. The summed E-state index contributed by atoms with van der Waals surface area (Å²) in [6, 6.07) is 4.47. The molecule has 0 aromatic carbocycles. The van der Waals surface area contributed by atoms with Gasteiger partial charge in [0, 0.05) is 56.7 Å². The summed E-state index contributed by atoms with van der Waals surface area (Å²) in [5.41, 5.74) is 1.44. The van der Waals surface area contributed by atoms with Crippen molar-refractivity contribution in [2.24, 2.45) is 0 Å². The molecule has 4 heteroatoms. The van der Waals surface area contributed by atoms with Gasteiger partial charge in [0.15, 0.2) is 0 Å². The number of hydrogen-bond acceptors (Lipinski definition) is 4. The van der Waals surface area contributed by atoms with Crippen LogP contribution in [0, 0.1) is 0 Å². The monoisotopic (exact) mass is 276 g/mol. The Bertz CT molecular complexity index is 396. The molecular weight excluding hydrogens is 248 g/mol. The zero-order valence-corrected chi connectivity index (χ0v) is 13.3. The van der Waals surface area contributed by atoms with Crippen molar-refractivity contribution >= 4 is 0 Å². The Kier molecular flexibility index (Phi) is 5.13. The van der Waals surface area contributed by atoms with E-state index < -0.39 is 0 Å². The molecule has 1 aliphatic heterocycles. The molecule has 1 aliphatic rings. The summed E-state index contributed by atoms with van der Waals surface area (Å²) >= 11 is 0. The Labute approximate surface area is 123 Å². The molecule has 1 atom stereocenters. The van der Waals surface area contributed by atoms with E-state index in [4.69, 9.17) is 0 Å². The van der Waals surface area contributed by atoms with Gasteiger partial charge in [-0.25, -0.2) is 0 Å². The molecule has 1 fully saturated rings. The van der Waals surface area contributed by atoms with Gasteiger partial charge in [-0.05, 0) is 39.4 Å². The molecule has 1 unspecified atom stereocenters. The van der Waals surface area contributed by atoms with Crippen molar-refractivity contribution in [1.29, 1.82) is 0 Å². The second kappa shape index (κ2) is 6.66. The Balaban J connectivity index is 1.85. The average Bonchev–Trinajstić information content (AvgIpc) is 2.46. The van der Waals surface area contributed by atoms with Crippen molar-refractivity contribution in [3.63, 3.8) is 0 Å². The van der Waals surface area contributed by atoms with Crippen LogP contribution in [0.3, 0.4) is 0 Å². The lowest BCUT2D eigenvalue weighted by atomic mass is 10.0. The van der Waals surface area contributed by atoms with Crippen molar-refractivity contribution in [3.8, 4) is 0 Å². The van der Waals surface area contributed by atoms with Crippen molar-refractivity contribution in [1.82, 2.24) is 20.1 Å². The highest BCUT2D eigenvalue weighted by atomic mass is 15.3. The van der Waals surface area contributed by atoms with E-state index in [0.29, 0.717) is 6.04 Å².